The number of hydrogen-bond donors (Lipinski definition) is 0. The van der Waals surface area contributed by atoms with Gasteiger partial charge in [0.15, 0.2) is 6.29 Å². The van der Waals surface area contributed by atoms with Gasteiger partial charge in [-0.1, -0.05) is 43.6 Å². The van der Waals surface area contributed by atoms with Crippen molar-refractivity contribution in [1.29, 1.82) is 0 Å². The molecule has 0 unspecified atom stereocenters. The van der Waals surface area contributed by atoms with E-state index < -0.39 is 0 Å². The van der Waals surface area contributed by atoms with Gasteiger partial charge in [0.1, 0.15) is 0 Å². The van der Waals surface area contributed by atoms with E-state index in [0.29, 0.717) is 10.6 Å². The van der Waals surface area contributed by atoms with Crippen LogP contribution in [0.5, 0.6) is 0 Å². The Hall–Kier alpha value is -0.820. The van der Waals surface area contributed by atoms with Gasteiger partial charge in [-0.25, -0.2) is 0 Å². The third kappa shape index (κ3) is 2.67. The third-order valence-corrected chi connectivity index (χ3v) is 1.86. The summed E-state index contributed by atoms with van der Waals surface area (Å²) in [6.45, 7) is 5.87. The van der Waals surface area contributed by atoms with Crippen LogP contribution in [0.25, 0.3) is 0 Å². The van der Waals surface area contributed by atoms with Crippen LogP contribution in [0.1, 0.15) is 29.8 Å². The van der Waals surface area contributed by atoms with Gasteiger partial charge in [0.25, 0.3) is 0 Å². The Morgan fingerprint density at radius 3 is 2.33 bits per heavy atom. The van der Waals surface area contributed by atoms with Gasteiger partial charge in [0.05, 0.1) is 5.02 Å². The van der Waals surface area contributed by atoms with Crippen molar-refractivity contribution in [1.82, 2.24) is 0 Å². The Morgan fingerprint density at radius 2 is 1.92 bits per heavy atom. The molecule has 0 saturated heterocycles. The zero-order valence-corrected chi connectivity index (χ0v) is 8.35. The van der Waals surface area contributed by atoms with Crippen LogP contribution in [0.15, 0.2) is 18.2 Å². The van der Waals surface area contributed by atoms with Crippen molar-refractivity contribution in [3.8, 4) is 0 Å². The molecular formula is C10H13ClO. The van der Waals surface area contributed by atoms with Crippen molar-refractivity contribution in [3.63, 3.8) is 0 Å². The second kappa shape index (κ2) is 5.78. The highest BCUT2D eigenvalue weighted by molar-refractivity contribution is 6.33. The third-order valence-electron chi connectivity index (χ3n) is 1.35. The molecule has 0 fully saturated rings. The first kappa shape index (κ1) is 11.2. The molecule has 0 atom stereocenters. The van der Waals surface area contributed by atoms with Crippen LogP contribution in [0.4, 0.5) is 0 Å². The summed E-state index contributed by atoms with van der Waals surface area (Å²) in [6.07, 6.45) is 0.759. The van der Waals surface area contributed by atoms with Crippen molar-refractivity contribution >= 4 is 17.9 Å². The summed E-state index contributed by atoms with van der Waals surface area (Å²) in [4.78, 5) is 10.3. The lowest BCUT2D eigenvalue weighted by Gasteiger charge is -1.97. The molecular weight excluding hydrogens is 172 g/mol. The first-order valence-electron chi connectivity index (χ1n) is 3.96. The molecule has 1 rings (SSSR count). The summed E-state index contributed by atoms with van der Waals surface area (Å²) < 4.78 is 0. The number of aldehydes is 1. The normalized spacial score (nSPS) is 8.33. The molecule has 0 bridgehead atoms. The molecule has 66 valence electrons. The van der Waals surface area contributed by atoms with Gasteiger partial charge in [0, 0.05) is 5.56 Å². The quantitative estimate of drug-likeness (QED) is 0.611. The molecule has 0 N–H and O–H groups in total. The molecule has 12 heavy (non-hydrogen) atoms. The average molecular weight is 185 g/mol. The lowest BCUT2D eigenvalue weighted by Crippen LogP contribution is -1.83. The molecule has 1 nitrogen and oxygen atoms in total. The molecule has 1 aromatic rings. The topological polar surface area (TPSA) is 17.1 Å². The lowest BCUT2D eigenvalue weighted by molar-refractivity contribution is 0.112. The Kier molecular flexibility index (Phi) is 5.39. The van der Waals surface area contributed by atoms with Gasteiger partial charge < -0.3 is 0 Å². The minimum Gasteiger partial charge on any atom is -0.298 e. The van der Waals surface area contributed by atoms with Gasteiger partial charge in [0.2, 0.25) is 0 Å². The Bertz CT molecular complexity index is 256. The fourth-order valence-corrected chi connectivity index (χ4v) is 0.932. The van der Waals surface area contributed by atoms with Crippen LogP contribution in [-0.4, -0.2) is 6.29 Å². The van der Waals surface area contributed by atoms with Gasteiger partial charge in [-0.15, -0.1) is 0 Å². The Balaban J connectivity index is 0.000000561. The molecule has 2 heteroatoms. The molecule has 1 aromatic carbocycles. The molecule has 0 amide bonds. The number of benzene rings is 1. The van der Waals surface area contributed by atoms with E-state index in [9.17, 15) is 4.79 Å². The number of carbonyl (C=O) groups is 1. The smallest absolute Gasteiger partial charge is 0.151 e. The molecule has 0 aliphatic heterocycles. The largest absolute Gasteiger partial charge is 0.298 e. The summed E-state index contributed by atoms with van der Waals surface area (Å²) in [7, 11) is 0. The van der Waals surface area contributed by atoms with E-state index in [-0.39, 0.29) is 0 Å². The zero-order valence-electron chi connectivity index (χ0n) is 7.60. The highest BCUT2D eigenvalue weighted by Crippen LogP contribution is 2.17. The van der Waals surface area contributed by atoms with Crippen molar-refractivity contribution in [2.75, 3.05) is 0 Å². The van der Waals surface area contributed by atoms with Crippen LogP contribution in [-0.2, 0) is 0 Å². The summed E-state index contributed by atoms with van der Waals surface area (Å²) in [6, 6.07) is 5.38. The van der Waals surface area contributed by atoms with E-state index in [4.69, 9.17) is 11.6 Å². The minimum absolute atomic E-state index is 0.553. The second-order valence-electron chi connectivity index (χ2n) is 2.10. The van der Waals surface area contributed by atoms with Gasteiger partial charge in [-0.3, -0.25) is 4.79 Å². The maximum absolute atomic E-state index is 10.3. The summed E-state index contributed by atoms with van der Waals surface area (Å²) in [5.74, 6) is 0. The van der Waals surface area contributed by atoms with Gasteiger partial charge in [-0.2, -0.15) is 0 Å². The number of carbonyl (C=O) groups excluding carboxylic acids is 1. The van der Waals surface area contributed by atoms with Crippen LogP contribution in [0.2, 0.25) is 5.02 Å². The van der Waals surface area contributed by atoms with E-state index in [2.05, 4.69) is 0 Å². The van der Waals surface area contributed by atoms with Gasteiger partial charge >= 0.3 is 0 Å². The maximum Gasteiger partial charge on any atom is 0.151 e. The SMILES string of the molecule is CC.Cc1cccc(C=O)c1Cl. The Morgan fingerprint density at radius 1 is 1.33 bits per heavy atom. The summed E-state index contributed by atoms with van der Waals surface area (Å²) >= 11 is 5.76. The number of hydrogen-bond acceptors (Lipinski definition) is 1. The second-order valence-corrected chi connectivity index (χ2v) is 2.47. The molecule has 0 aromatic heterocycles. The van der Waals surface area contributed by atoms with Crippen LogP contribution in [0, 0.1) is 6.92 Å². The minimum atomic E-state index is 0.553. The monoisotopic (exact) mass is 184 g/mol. The number of halogens is 1. The van der Waals surface area contributed by atoms with Crippen molar-refractivity contribution < 1.29 is 4.79 Å². The van der Waals surface area contributed by atoms with Crippen LogP contribution < -0.4 is 0 Å². The predicted octanol–water partition coefficient (Wildman–Crippen LogP) is 3.49. The molecule has 0 heterocycles. The van der Waals surface area contributed by atoms with Gasteiger partial charge in [-0.05, 0) is 12.5 Å². The van der Waals surface area contributed by atoms with Crippen LogP contribution in [0.3, 0.4) is 0 Å². The van der Waals surface area contributed by atoms with E-state index in [1.807, 2.05) is 32.9 Å². The van der Waals surface area contributed by atoms with E-state index in [0.717, 1.165) is 11.8 Å². The summed E-state index contributed by atoms with van der Waals surface area (Å²) in [5.41, 5.74) is 1.49. The lowest BCUT2D eigenvalue weighted by atomic mass is 10.1. The number of rotatable bonds is 1. The molecule has 0 saturated carbocycles. The van der Waals surface area contributed by atoms with Crippen LogP contribution >= 0.6 is 11.6 Å². The predicted molar refractivity (Wildman–Crippen MR) is 52.9 cm³/mol. The molecule has 0 radical (unpaired) electrons. The van der Waals surface area contributed by atoms with E-state index in [1.165, 1.54) is 0 Å². The zero-order chi connectivity index (χ0) is 9.56. The highest BCUT2D eigenvalue weighted by Gasteiger charge is 1.98. The maximum atomic E-state index is 10.3. The highest BCUT2D eigenvalue weighted by atomic mass is 35.5. The Labute approximate surface area is 78.4 Å². The first-order valence-corrected chi connectivity index (χ1v) is 4.34. The standard InChI is InChI=1S/C8H7ClO.C2H6/c1-6-3-2-4-7(5-10)8(6)9;1-2/h2-5H,1H3;1-2H3. The molecule has 0 aliphatic rings. The fraction of sp³-hybridized carbons (Fsp3) is 0.300. The molecule has 0 aliphatic carbocycles. The van der Waals surface area contributed by atoms with Crippen molar-refractivity contribution in [2.24, 2.45) is 0 Å². The number of aryl methyl sites for hydroxylation is 1. The average Bonchev–Trinajstić information content (AvgIpc) is 2.13. The van der Waals surface area contributed by atoms with E-state index in [1.54, 1.807) is 6.07 Å². The molecule has 0 spiro atoms. The van der Waals surface area contributed by atoms with Crippen molar-refractivity contribution in [3.05, 3.63) is 34.3 Å². The fourth-order valence-electron chi connectivity index (χ4n) is 0.761. The first-order chi connectivity index (χ1) is 5.75. The van der Waals surface area contributed by atoms with Crippen molar-refractivity contribution in [2.45, 2.75) is 20.8 Å². The summed E-state index contributed by atoms with van der Waals surface area (Å²) in [5, 5.41) is 0.553. The van der Waals surface area contributed by atoms with E-state index >= 15 is 0 Å².